The van der Waals surface area contributed by atoms with Crippen LogP contribution in [0.25, 0.3) is 0 Å². The third-order valence-electron chi connectivity index (χ3n) is 3.09. The number of hydrogen-bond donors (Lipinski definition) is 1. The normalized spacial score (nSPS) is 10.3. The van der Waals surface area contributed by atoms with Crippen LogP contribution in [0.15, 0.2) is 30.3 Å². The van der Waals surface area contributed by atoms with Crippen LogP contribution < -0.4 is 15.2 Å². The standard InChI is InChI=1S/C16H16ClNO3/c1-9-6-10(8-11(18)7-9)15(19)12-4-5-13(20-2)14(17)16(12)21-3/h4-8H,18H2,1-3H3. The van der Waals surface area contributed by atoms with Gasteiger partial charge in [-0.3, -0.25) is 4.79 Å². The zero-order valence-electron chi connectivity index (χ0n) is 12.1. The van der Waals surface area contributed by atoms with Crippen LogP contribution in [-0.2, 0) is 0 Å². The smallest absolute Gasteiger partial charge is 0.196 e. The van der Waals surface area contributed by atoms with Gasteiger partial charge in [-0.05, 0) is 42.8 Å². The van der Waals surface area contributed by atoms with E-state index in [1.54, 1.807) is 30.3 Å². The number of halogens is 1. The van der Waals surface area contributed by atoms with Crippen molar-refractivity contribution in [1.29, 1.82) is 0 Å². The summed E-state index contributed by atoms with van der Waals surface area (Å²) in [6.07, 6.45) is 0. The summed E-state index contributed by atoms with van der Waals surface area (Å²) in [5.41, 5.74) is 8.11. The second kappa shape index (κ2) is 6.06. The minimum atomic E-state index is -0.202. The summed E-state index contributed by atoms with van der Waals surface area (Å²) in [5, 5.41) is 0.270. The number of benzene rings is 2. The molecule has 5 heteroatoms. The number of nitrogen functional groups attached to an aromatic ring is 1. The van der Waals surface area contributed by atoms with Gasteiger partial charge in [-0.2, -0.15) is 0 Å². The highest BCUT2D eigenvalue weighted by Gasteiger charge is 2.20. The molecule has 0 radical (unpaired) electrons. The molecule has 0 spiro atoms. The van der Waals surface area contributed by atoms with Crippen LogP contribution >= 0.6 is 11.6 Å². The van der Waals surface area contributed by atoms with E-state index in [4.69, 9.17) is 26.8 Å². The molecule has 0 aliphatic carbocycles. The number of carbonyl (C=O) groups excluding carboxylic acids is 1. The number of hydrogen-bond acceptors (Lipinski definition) is 4. The average molecular weight is 306 g/mol. The van der Waals surface area contributed by atoms with Crippen LogP contribution in [0.4, 0.5) is 5.69 Å². The van der Waals surface area contributed by atoms with E-state index < -0.39 is 0 Å². The summed E-state index contributed by atoms with van der Waals surface area (Å²) in [4.78, 5) is 12.6. The molecule has 2 rings (SSSR count). The molecule has 2 aromatic carbocycles. The van der Waals surface area contributed by atoms with Gasteiger partial charge in [0.2, 0.25) is 0 Å². The molecule has 0 bridgehead atoms. The molecule has 2 aromatic rings. The molecule has 0 atom stereocenters. The maximum absolute atomic E-state index is 12.6. The van der Waals surface area contributed by atoms with E-state index in [0.717, 1.165) is 5.56 Å². The highest BCUT2D eigenvalue weighted by Crippen LogP contribution is 2.37. The summed E-state index contributed by atoms with van der Waals surface area (Å²) in [6, 6.07) is 8.47. The lowest BCUT2D eigenvalue weighted by atomic mass is 10.00. The minimum absolute atomic E-state index is 0.202. The lowest BCUT2D eigenvalue weighted by Gasteiger charge is -2.13. The Morgan fingerprint density at radius 3 is 2.43 bits per heavy atom. The van der Waals surface area contributed by atoms with E-state index in [-0.39, 0.29) is 10.8 Å². The molecular weight excluding hydrogens is 290 g/mol. The van der Waals surface area contributed by atoms with E-state index in [1.165, 1.54) is 14.2 Å². The first-order valence-electron chi connectivity index (χ1n) is 6.30. The second-order valence-corrected chi connectivity index (χ2v) is 5.00. The lowest BCUT2D eigenvalue weighted by Crippen LogP contribution is -2.06. The topological polar surface area (TPSA) is 61.5 Å². The number of methoxy groups -OCH3 is 2. The number of ether oxygens (including phenoxy) is 2. The van der Waals surface area contributed by atoms with Crippen LogP contribution in [0.5, 0.6) is 11.5 Å². The maximum Gasteiger partial charge on any atom is 0.196 e. The Hall–Kier alpha value is -2.20. The third kappa shape index (κ3) is 2.95. The van der Waals surface area contributed by atoms with Crippen molar-refractivity contribution in [3.8, 4) is 11.5 Å². The zero-order chi connectivity index (χ0) is 15.6. The fourth-order valence-corrected chi connectivity index (χ4v) is 2.49. The molecular formula is C16H16ClNO3. The predicted octanol–water partition coefficient (Wildman–Crippen LogP) is 3.48. The van der Waals surface area contributed by atoms with Gasteiger partial charge in [0.15, 0.2) is 11.5 Å². The Bertz CT molecular complexity index is 678. The molecule has 0 amide bonds. The zero-order valence-corrected chi connectivity index (χ0v) is 12.8. The first-order valence-corrected chi connectivity index (χ1v) is 6.68. The fourth-order valence-electron chi connectivity index (χ4n) is 2.17. The lowest BCUT2D eigenvalue weighted by molar-refractivity contribution is 0.103. The van der Waals surface area contributed by atoms with E-state index in [2.05, 4.69) is 0 Å². The molecule has 4 nitrogen and oxygen atoms in total. The molecule has 0 aliphatic heterocycles. The van der Waals surface area contributed by atoms with Crippen molar-refractivity contribution >= 4 is 23.1 Å². The Kier molecular flexibility index (Phi) is 4.38. The monoisotopic (exact) mass is 305 g/mol. The molecule has 21 heavy (non-hydrogen) atoms. The SMILES string of the molecule is COc1ccc(C(=O)c2cc(C)cc(N)c2)c(OC)c1Cl. The summed E-state index contributed by atoms with van der Waals surface area (Å²) < 4.78 is 10.4. The average Bonchev–Trinajstić information content (AvgIpc) is 2.45. The molecule has 110 valence electrons. The molecule has 2 N–H and O–H groups in total. The van der Waals surface area contributed by atoms with Gasteiger partial charge in [0.25, 0.3) is 0 Å². The molecule has 0 saturated carbocycles. The molecule has 0 fully saturated rings. The first kappa shape index (κ1) is 15.2. The van der Waals surface area contributed by atoms with E-state index >= 15 is 0 Å². The summed E-state index contributed by atoms with van der Waals surface area (Å²) in [5.74, 6) is 0.543. The summed E-state index contributed by atoms with van der Waals surface area (Å²) >= 11 is 6.18. The van der Waals surface area contributed by atoms with Crippen LogP contribution in [0.2, 0.25) is 5.02 Å². The van der Waals surface area contributed by atoms with Gasteiger partial charge in [0, 0.05) is 11.3 Å². The van der Waals surface area contributed by atoms with E-state index in [0.29, 0.717) is 28.3 Å². The van der Waals surface area contributed by atoms with Gasteiger partial charge < -0.3 is 15.2 Å². The fraction of sp³-hybridized carbons (Fsp3) is 0.188. The largest absolute Gasteiger partial charge is 0.495 e. The third-order valence-corrected chi connectivity index (χ3v) is 3.45. The van der Waals surface area contributed by atoms with Crippen LogP contribution in [0, 0.1) is 6.92 Å². The molecule has 0 aromatic heterocycles. The van der Waals surface area contributed by atoms with E-state index in [9.17, 15) is 4.79 Å². The Morgan fingerprint density at radius 2 is 1.86 bits per heavy atom. The number of aryl methyl sites for hydroxylation is 1. The first-order chi connectivity index (χ1) is 9.97. The Balaban J connectivity index is 2.55. The van der Waals surface area contributed by atoms with Crippen molar-refractivity contribution in [2.45, 2.75) is 6.92 Å². The molecule has 0 unspecified atom stereocenters. The van der Waals surface area contributed by atoms with Gasteiger partial charge in [0.1, 0.15) is 10.8 Å². The number of carbonyl (C=O) groups is 1. The van der Waals surface area contributed by atoms with E-state index in [1.807, 2.05) is 6.92 Å². The maximum atomic E-state index is 12.6. The summed E-state index contributed by atoms with van der Waals surface area (Å²) in [7, 11) is 2.96. The molecule has 0 aliphatic rings. The van der Waals surface area contributed by atoms with Crippen molar-refractivity contribution in [1.82, 2.24) is 0 Å². The second-order valence-electron chi connectivity index (χ2n) is 4.62. The summed E-state index contributed by atoms with van der Waals surface area (Å²) in [6.45, 7) is 1.88. The highest BCUT2D eigenvalue weighted by atomic mass is 35.5. The quantitative estimate of drug-likeness (QED) is 0.694. The molecule has 0 saturated heterocycles. The van der Waals surface area contributed by atoms with Crippen LogP contribution in [-0.4, -0.2) is 20.0 Å². The van der Waals surface area contributed by atoms with Gasteiger partial charge in [-0.1, -0.05) is 11.6 Å². The number of ketones is 1. The van der Waals surface area contributed by atoms with Gasteiger partial charge >= 0.3 is 0 Å². The predicted molar refractivity (Wildman–Crippen MR) is 83.6 cm³/mol. The van der Waals surface area contributed by atoms with Crippen LogP contribution in [0.3, 0.4) is 0 Å². The molecule has 0 heterocycles. The Morgan fingerprint density at radius 1 is 1.14 bits per heavy atom. The highest BCUT2D eigenvalue weighted by molar-refractivity contribution is 6.34. The van der Waals surface area contributed by atoms with Crippen LogP contribution in [0.1, 0.15) is 21.5 Å². The van der Waals surface area contributed by atoms with Crippen molar-refractivity contribution in [2.75, 3.05) is 20.0 Å². The van der Waals surface area contributed by atoms with Gasteiger partial charge in [-0.15, -0.1) is 0 Å². The van der Waals surface area contributed by atoms with Gasteiger partial charge in [0.05, 0.1) is 19.8 Å². The van der Waals surface area contributed by atoms with Crippen molar-refractivity contribution in [2.24, 2.45) is 0 Å². The van der Waals surface area contributed by atoms with Gasteiger partial charge in [-0.25, -0.2) is 0 Å². The Labute approximate surface area is 128 Å². The van der Waals surface area contributed by atoms with Crippen molar-refractivity contribution in [3.05, 3.63) is 52.0 Å². The van der Waals surface area contributed by atoms with Crippen molar-refractivity contribution in [3.63, 3.8) is 0 Å². The number of nitrogens with two attached hydrogens (primary N) is 1. The minimum Gasteiger partial charge on any atom is -0.495 e. The van der Waals surface area contributed by atoms with Crippen molar-refractivity contribution < 1.29 is 14.3 Å². The number of rotatable bonds is 4. The number of anilines is 1.